The molecule has 320 valence electrons. The fourth-order valence-electron chi connectivity index (χ4n) is 9.83. The van der Waals surface area contributed by atoms with Crippen LogP contribution in [0, 0.1) is 6.33 Å². The van der Waals surface area contributed by atoms with E-state index in [1.807, 2.05) is 12.3 Å². The highest BCUT2D eigenvalue weighted by Crippen LogP contribution is 2.46. The number of fused-ring (bicyclic) bond motifs is 10. The standard InChI is InChI=1S/C60H54N4O/c1-58(2,3)38-30-31-61-55(34-38)64-52-27-15-14-24-47(52)48-29-28-42(36-53(48)64)65-41-19-16-18-40(35-41)62-37-63-56-49(25-17-26-51(56)60(7,8)9)45-22-12-10-20-43(45)44-21-11-13-23-46(44)50-32-39(59(4,5)6)33-54(62)57(50)63/h10-36H,1-9H3. The van der Waals surface area contributed by atoms with Gasteiger partial charge in [-0.15, -0.1) is 0 Å². The Balaban J connectivity index is 1.12. The van der Waals surface area contributed by atoms with Crippen LogP contribution in [-0.2, 0) is 16.2 Å². The predicted octanol–water partition coefficient (Wildman–Crippen LogP) is 15.2. The van der Waals surface area contributed by atoms with Gasteiger partial charge in [0.1, 0.15) is 17.3 Å². The summed E-state index contributed by atoms with van der Waals surface area (Å²) in [5, 5.41) is 2.33. The van der Waals surface area contributed by atoms with E-state index in [-0.39, 0.29) is 16.2 Å². The number of aromatic nitrogens is 4. The van der Waals surface area contributed by atoms with Crippen molar-refractivity contribution in [3.05, 3.63) is 187 Å². The first-order valence-corrected chi connectivity index (χ1v) is 22.8. The van der Waals surface area contributed by atoms with E-state index < -0.39 is 0 Å². The maximum atomic E-state index is 6.87. The number of rotatable bonds is 4. The highest BCUT2D eigenvalue weighted by molar-refractivity contribution is 6.09. The van der Waals surface area contributed by atoms with Gasteiger partial charge in [0.2, 0.25) is 0 Å². The van der Waals surface area contributed by atoms with Crippen LogP contribution in [0.1, 0.15) is 79.0 Å². The number of ether oxygens (including phenoxy) is 1. The minimum atomic E-state index is -0.159. The molecule has 0 unspecified atom stereocenters. The van der Waals surface area contributed by atoms with Crippen molar-refractivity contribution in [3.63, 3.8) is 0 Å². The van der Waals surface area contributed by atoms with Gasteiger partial charge in [-0.2, -0.15) is 0 Å². The van der Waals surface area contributed by atoms with Gasteiger partial charge in [-0.05, 0) is 121 Å². The van der Waals surface area contributed by atoms with Crippen LogP contribution in [0.4, 0.5) is 0 Å². The second kappa shape index (κ2) is 14.6. The van der Waals surface area contributed by atoms with Gasteiger partial charge in [0.05, 0.1) is 33.4 Å². The van der Waals surface area contributed by atoms with Crippen molar-refractivity contribution < 1.29 is 9.30 Å². The third-order valence-electron chi connectivity index (χ3n) is 13.2. The normalized spacial score (nSPS) is 12.7. The molecule has 1 aliphatic heterocycles. The van der Waals surface area contributed by atoms with Gasteiger partial charge >= 0.3 is 0 Å². The van der Waals surface area contributed by atoms with Crippen molar-refractivity contribution in [2.75, 3.05) is 0 Å². The molecule has 0 amide bonds. The zero-order chi connectivity index (χ0) is 45.0. The van der Waals surface area contributed by atoms with E-state index >= 15 is 0 Å². The van der Waals surface area contributed by atoms with Gasteiger partial charge < -0.3 is 4.74 Å². The Morgan fingerprint density at radius 1 is 0.477 bits per heavy atom. The first-order chi connectivity index (χ1) is 31.1. The lowest BCUT2D eigenvalue weighted by atomic mass is 9.82. The van der Waals surface area contributed by atoms with E-state index in [9.17, 15) is 0 Å². The van der Waals surface area contributed by atoms with E-state index in [4.69, 9.17) is 9.72 Å². The molecule has 0 saturated carbocycles. The molecule has 65 heavy (non-hydrogen) atoms. The minimum Gasteiger partial charge on any atom is -0.458 e. The Labute approximate surface area is 382 Å². The SMILES string of the molecule is CC(C)(C)c1ccnc(-n2c3ccccc3c3ccc(Oc4cccc(-n5[c-][n+]6c7c(cc(C(C)(C)C)cc75)-c5ccccc5-c5ccccc5-c5cccc(C(C)(C)C)c5-6)c4)cc32)c1. The molecule has 0 fully saturated rings. The second-order valence-electron chi connectivity index (χ2n) is 20.7. The van der Waals surface area contributed by atoms with Crippen molar-refractivity contribution in [1.82, 2.24) is 14.1 Å². The molecular weight excluding hydrogens is 793 g/mol. The number of para-hydroxylation sites is 2. The molecule has 1 aliphatic rings. The summed E-state index contributed by atoms with van der Waals surface area (Å²) in [6, 6.07) is 57.1. The largest absolute Gasteiger partial charge is 0.458 e. The Morgan fingerprint density at radius 2 is 1.09 bits per heavy atom. The van der Waals surface area contributed by atoms with Gasteiger partial charge in [-0.25, -0.2) is 4.98 Å². The van der Waals surface area contributed by atoms with Crippen LogP contribution < -0.4 is 9.30 Å². The summed E-state index contributed by atoms with van der Waals surface area (Å²) in [6.45, 7) is 20.6. The number of hydrogen-bond acceptors (Lipinski definition) is 2. The van der Waals surface area contributed by atoms with Gasteiger partial charge in [0, 0.05) is 23.0 Å². The zero-order valence-corrected chi connectivity index (χ0v) is 38.8. The average molecular weight is 847 g/mol. The molecule has 0 atom stereocenters. The summed E-state index contributed by atoms with van der Waals surface area (Å²) < 4.78 is 13.7. The number of pyridine rings is 1. The molecule has 11 rings (SSSR count). The molecule has 0 radical (unpaired) electrons. The van der Waals surface area contributed by atoms with Crippen LogP contribution in [0.3, 0.4) is 0 Å². The highest BCUT2D eigenvalue weighted by Gasteiger charge is 2.30. The number of nitrogens with zero attached hydrogens (tertiary/aromatic N) is 4. The fourth-order valence-corrected chi connectivity index (χ4v) is 9.83. The molecule has 0 aliphatic carbocycles. The molecule has 5 nitrogen and oxygen atoms in total. The van der Waals surface area contributed by atoms with Crippen molar-refractivity contribution in [1.29, 1.82) is 0 Å². The molecule has 0 saturated heterocycles. The summed E-state index contributed by atoms with van der Waals surface area (Å²) in [5.74, 6) is 2.38. The summed E-state index contributed by atoms with van der Waals surface area (Å²) >= 11 is 0. The van der Waals surface area contributed by atoms with Gasteiger partial charge in [0.15, 0.2) is 0 Å². The summed E-state index contributed by atoms with van der Waals surface area (Å²) in [6.07, 6.45) is 5.91. The smallest absolute Gasteiger partial charge is 0.269 e. The van der Waals surface area contributed by atoms with Crippen molar-refractivity contribution in [3.8, 4) is 62.1 Å². The maximum absolute atomic E-state index is 6.87. The summed E-state index contributed by atoms with van der Waals surface area (Å²) in [4.78, 5) is 4.91. The molecule has 7 aromatic carbocycles. The van der Waals surface area contributed by atoms with Crippen LogP contribution >= 0.6 is 0 Å². The topological polar surface area (TPSA) is 35.9 Å². The lowest BCUT2D eigenvalue weighted by Crippen LogP contribution is -2.35. The van der Waals surface area contributed by atoms with Crippen LogP contribution in [0.15, 0.2) is 164 Å². The van der Waals surface area contributed by atoms with Crippen LogP contribution in [0.25, 0.3) is 83.4 Å². The Hall–Kier alpha value is -7.24. The first kappa shape index (κ1) is 40.5. The van der Waals surface area contributed by atoms with Gasteiger partial charge in [0.25, 0.3) is 6.33 Å². The summed E-state index contributed by atoms with van der Waals surface area (Å²) in [7, 11) is 0. The molecule has 3 aromatic heterocycles. The molecule has 0 spiro atoms. The molecule has 0 bridgehead atoms. The molecule has 0 N–H and O–H groups in total. The van der Waals surface area contributed by atoms with Crippen molar-refractivity contribution >= 4 is 32.8 Å². The van der Waals surface area contributed by atoms with E-state index in [0.29, 0.717) is 0 Å². The number of benzene rings is 7. The van der Waals surface area contributed by atoms with Gasteiger partial charge in [-0.1, -0.05) is 159 Å². The van der Waals surface area contributed by atoms with E-state index in [2.05, 4.69) is 234 Å². The lowest BCUT2D eigenvalue weighted by molar-refractivity contribution is -0.572. The molecular formula is C60H54N4O. The Bertz CT molecular complexity index is 3530. The predicted molar refractivity (Wildman–Crippen MR) is 268 cm³/mol. The van der Waals surface area contributed by atoms with Crippen LogP contribution in [0.5, 0.6) is 11.5 Å². The van der Waals surface area contributed by atoms with E-state index in [0.717, 1.165) is 56.1 Å². The monoisotopic (exact) mass is 846 g/mol. The van der Waals surface area contributed by atoms with Gasteiger partial charge in [-0.3, -0.25) is 13.7 Å². The quantitative estimate of drug-likeness (QED) is 0.131. The first-order valence-electron chi connectivity index (χ1n) is 22.8. The zero-order valence-electron chi connectivity index (χ0n) is 38.8. The molecule has 10 aromatic rings. The third-order valence-corrected chi connectivity index (χ3v) is 13.2. The minimum absolute atomic E-state index is 0.0168. The molecule has 4 heterocycles. The second-order valence-corrected chi connectivity index (χ2v) is 20.7. The van der Waals surface area contributed by atoms with Crippen molar-refractivity contribution in [2.45, 2.75) is 78.6 Å². The summed E-state index contributed by atoms with van der Waals surface area (Å²) in [5.41, 5.74) is 17.1. The lowest BCUT2D eigenvalue weighted by Gasteiger charge is -2.26. The third kappa shape index (κ3) is 6.75. The van der Waals surface area contributed by atoms with E-state index in [1.165, 1.54) is 55.5 Å². The number of hydrogen-bond donors (Lipinski definition) is 0. The fraction of sp³-hybridized carbons (Fsp3) is 0.200. The van der Waals surface area contributed by atoms with E-state index in [1.54, 1.807) is 0 Å². The Morgan fingerprint density at radius 3 is 1.80 bits per heavy atom. The average Bonchev–Trinajstić information content (AvgIpc) is 3.84. The van der Waals surface area contributed by atoms with Crippen molar-refractivity contribution in [2.24, 2.45) is 0 Å². The highest BCUT2D eigenvalue weighted by atomic mass is 16.5. The van der Waals surface area contributed by atoms with Crippen LogP contribution in [-0.4, -0.2) is 14.1 Å². The maximum Gasteiger partial charge on any atom is 0.269 e. The van der Waals surface area contributed by atoms with Crippen LogP contribution in [0.2, 0.25) is 0 Å². The Kier molecular flexibility index (Phi) is 9.13. The number of imidazole rings is 1. The molecule has 5 heteroatoms.